The van der Waals surface area contributed by atoms with Crippen LogP contribution in [0.3, 0.4) is 0 Å². The third-order valence-corrected chi connectivity index (χ3v) is 2.77. The number of amides is 1. The first kappa shape index (κ1) is 12.8. The van der Waals surface area contributed by atoms with E-state index in [4.69, 9.17) is 5.11 Å². The van der Waals surface area contributed by atoms with Crippen molar-refractivity contribution in [1.82, 2.24) is 4.90 Å². The molecule has 0 bridgehead atoms. The summed E-state index contributed by atoms with van der Waals surface area (Å²) in [5, 5.41) is 8.83. The van der Waals surface area contributed by atoms with Gasteiger partial charge in [-0.05, 0) is 5.41 Å². The van der Waals surface area contributed by atoms with Crippen LogP contribution in [0.1, 0.15) is 13.8 Å². The highest BCUT2D eigenvalue weighted by Crippen LogP contribution is 2.37. The van der Waals surface area contributed by atoms with Gasteiger partial charge in [0, 0.05) is 13.1 Å². The molecule has 0 aliphatic carbocycles. The minimum atomic E-state index is -4.94. The highest BCUT2D eigenvalue weighted by Gasteiger charge is 2.51. The van der Waals surface area contributed by atoms with E-state index in [-0.39, 0.29) is 13.1 Å². The monoisotopic (exact) mass is 239 g/mol. The summed E-state index contributed by atoms with van der Waals surface area (Å²) in [4.78, 5) is 22.3. The van der Waals surface area contributed by atoms with Crippen molar-refractivity contribution in [2.45, 2.75) is 20.0 Å². The van der Waals surface area contributed by atoms with Gasteiger partial charge in [0.1, 0.15) is 0 Å². The Hall–Kier alpha value is -1.27. The molecule has 0 spiro atoms. The Morgan fingerprint density at radius 1 is 1.38 bits per heavy atom. The standard InChI is InChI=1S/C9H12F3NO3/c1-8(2)4-13(3-5(8)6(14)15)7(16)9(10,11)12/h5H,3-4H2,1-2H3,(H,14,15)/t5-/m1/s1. The normalized spacial score (nSPS) is 24.6. The van der Waals surface area contributed by atoms with E-state index in [1.807, 2.05) is 0 Å². The highest BCUT2D eigenvalue weighted by molar-refractivity contribution is 5.83. The van der Waals surface area contributed by atoms with Crippen molar-refractivity contribution >= 4 is 11.9 Å². The molecule has 0 aromatic heterocycles. The van der Waals surface area contributed by atoms with Gasteiger partial charge in [-0.15, -0.1) is 0 Å². The summed E-state index contributed by atoms with van der Waals surface area (Å²) in [6, 6.07) is 0. The first-order valence-corrected chi connectivity index (χ1v) is 4.64. The van der Waals surface area contributed by atoms with Gasteiger partial charge in [-0.1, -0.05) is 13.8 Å². The maximum absolute atomic E-state index is 12.1. The lowest BCUT2D eigenvalue weighted by Crippen LogP contribution is -2.40. The van der Waals surface area contributed by atoms with Gasteiger partial charge in [0.25, 0.3) is 0 Å². The molecular weight excluding hydrogens is 227 g/mol. The number of likely N-dealkylation sites (tertiary alicyclic amines) is 1. The van der Waals surface area contributed by atoms with Gasteiger partial charge in [0.2, 0.25) is 0 Å². The summed E-state index contributed by atoms with van der Waals surface area (Å²) < 4.78 is 36.4. The smallest absolute Gasteiger partial charge is 0.471 e. The Balaban J connectivity index is 2.85. The van der Waals surface area contributed by atoms with Crippen LogP contribution < -0.4 is 0 Å². The number of carboxylic acids is 1. The Labute approximate surface area is 90.0 Å². The summed E-state index contributed by atoms with van der Waals surface area (Å²) in [6.07, 6.45) is -4.94. The fourth-order valence-corrected chi connectivity index (χ4v) is 1.88. The predicted molar refractivity (Wildman–Crippen MR) is 47.5 cm³/mol. The molecule has 1 fully saturated rings. The summed E-state index contributed by atoms with van der Waals surface area (Å²) in [5.41, 5.74) is -0.841. The van der Waals surface area contributed by atoms with E-state index in [0.717, 1.165) is 0 Å². The van der Waals surface area contributed by atoms with E-state index in [2.05, 4.69) is 0 Å². The number of alkyl halides is 3. The van der Waals surface area contributed by atoms with E-state index in [9.17, 15) is 22.8 Å². The largest absolute Gasteiger partial charge is 0.481 e. The molecular formula is C9H12F3NO3. The number of carboxylic acid groups (broad SMARTS) is 1. The molecule has 0 radical (unpaired) electrons. The average molecular weight is 239 g/mol. The Morgan fingerprint density at radius 2 is 1.88 bits per heavy atom. The second-order valence-electron chi connectivity index (χ2n) is 4.56. The minimum absolute atomic E-state index is 0.192. The molecule has 0 unspecified atom stereocenters. The van der Waals surface area contributed by atoms with Crippen molar-refractivity contribution in [2.24, 2.45) is 11.3 Å². The van der Waals surface area contributed by atoms with Gasteiger partial charge < -0.3 is 10.0 Å². The molecule has 7 heteroatoms. The third kappa shape index (κ3) is 2.28. The zero-order chi connectivity index (χ0) is 12.7. The fraction of sp³-hybridized carbons (Fsp3) is 0.778. The number of carbonyl (C=O) groups is 2. The molecule has 1 N–H and O–H groups in total. The first-order chi connectivity index (χ1) is 7.05. The lowest BCUT2D eigenvalue weighted by atomic mass is 9.82. The van der Waals surface area contributed by atoms with Crippen LogP contribution in [0.5, 0.6) is 0 Å². The maximum Gasteiger partial charge on any atom is 0.471 e. The molecule has 1 saturated heterocycles. The quantitative estimate of drug-likeness (QED) is 0.745. The predicted octanol–water partition coefficient (Wildman–Crippen LogP) is 1.12. The number of carbonyl (C=O) groups excluding carboxylic acids is 1. The van der Waals surface area contributed by atoms with Crippen LogP contribution in [-0.2, 0) is 9.59 Å². The number of halogens is 3. The van der Waals surface area contributed by atoms with Crippen LogP contribution in [0.2, 0.25) is 0 Å². The van der Waals surface area contributed by atoms with Gasteiger partial charge in [0.05, 0.1) is 5.92 Å². The number of hydrogen-bond donors (Lipinski definition) is 1. The van der Waals surface area contributed by atoms with Gasteiger partial charge in [-0.25, -0.2) is 0 Å². The fourth-order valence-electron chi connectivity index (χ4n) is 1.88. The molecule has 0 saturated carbocycles. The van der Waals surface area contributed by atoms with Crippen LogP contribution in [0.15, 0.2) is 0 Å². The Bertz CT molecular complexity index is 324. The van der Waals surface area contributed by atoms with Crippen LogP contribution in [0, 0.1) is 11.3 Å². The lowest BCUT2D eigenvalue weighted by molar-refractivity contribution is -0.184. The first-order valence-electron chi connectivity index (χ1n) is 4.64. The molecule has 1 aliphatic rings. The molecule has 4 nitrogen and oxygen atoms in total. The van der Waals surface area contributed by atoms with Crippen LogP contribution in [0.4, 0.5) is 13.2 Å². The van der Waals surface area contributed by atoms with E-state index in [1.54, 1.807) is 0 Å². The second kappa shape index (κ2) is 3.64. The number of hydrogen-bond acceptors (Lipinski definition) is 2. The number of aliphatic carboxylic acids is 1. The Morgan fingerprint density at radius 3 is 2.19 bits per heavy atom. The summed E-state index contributed by atoms with van der Waals surface area (Å²) in [6.45, 7) is 2.49. The Kier molecular flexibility index (Phi) is 2.91. The van der Waals surface area contributed by atoms with Gasteiger partial charge in [-0.3, -0.25) is 9.59 Å². The molecule has 1 atom stereocenters. The molecule has 0 aromatic carbocycles. The summed E-state index contributed by atoms with van der Waals surface area (Å²) >= 11 is 0. The van der Waals surface area contributed by atoms with Crippen molar-refractivity contribution < 1.29 is 27.9 Å². The third-order valence-electron chi connectivity index (χ3n) is 2.77. The molecule has 0 aromatic rings. The van der Waals surface area contributed by atoms with E-state index >= 15 is 0 Å². The minimum Gasteiger partial charge on any atom is -0.481 e. The van der Waals surface area contributed by atoms with Crippen molar-refractivity contribution in [2.75, 3.05) is 13.1 Å². The molecule has 1 amide bonds. The van der Waals surface area contributed by atoms with Crippen molar-refractivity contribution in [3.63, 3.8) is 0 Å². The summed E-state index contributed by atoms with van der Waals surface area (Å²) in [7, 11) is 0. The van der Waals surface area contributed by atoms with Gasteiger partial charge in [0.15, 0.2) is 0 Å². The van der Waals surface area contributed by atoms with Crippen molar-refractivity contribution in [1.29, 1.82) is 0 Å². The number of nitrogens with zero attached hydrogens (tertiary/aromatic N) is 1. The van der Waals surface area contributed by atoms with E-state index < -0.39 is 29.4 Å². The summed E-state index contributed by atoms with van der Waals surface area (Å²) in [5.74, 6) is -4.11. The average Bonchev–Trinajstić information content (AvgIpc) is 2.38. The molecule has 1 aliphatic heterocycles. The molecule has 16 heavy (non-hydrogen) atoms. The van der Waals surface area contributed by atoms with Gasteiger partial charge >= 0.3 is 18.1 Å². The number of rotatable bonds is 1. The van der Waals surface area contributed by atoms with E-state index in [0.29, 0.717) is 4.90 Å². The van der Waals surface area contributed by atoms with E-state index in [1.165, 1.54) is 13.8 Å². The zero-order valence-corrected chi connectivity index (χ0v) is 8.84. The topological polar surface area (TPSA) is 57.6 Å². The highest BCUT2D eigenvalue weighted by atomic mass is 19.4. The van der Waals surface area contributed by atoms with Crippen LogP contribution >= 0.6 is 0 Å². The van der Waals surface area contributed by atoms with Gasteiger partial charge in [-0.2, -0.15) is 13.2 Å². The van der Waals surface area contributed by atoms with Crippen molar-refractivity contribution in [3.05, 3.63) is 0 Å². The molecule has 1 heterocycles. The zero-order valence-electron chi connectivity index (χ0n) is 8.84. The van der Waals surface area contributed by atoms with Crippen molar-refractivity contribution in [3.8, 4) is 0 Å². The maximum atomic E-state index is 12.1. The molecule has 92 valence electrons. The van der Waals surface area contributed by atoms with Crippen LogP contribution in [-0.4, -0.2) is 41.1 Å². The molecule has 1 rings (SSSR count). The lowest BCUT2D eigenvalue weighted by Gasteiger charge is -2.22. The van der Waals surface area contributed by atoms with Crippen LogP contribution in [0.25, 0.3) is 0 Å². The second-order valence-corrected chi connectivity index (χ2v) is 4.56. The SMILES string of the molecule is CC1(C)CN(C(=O)C(F)(F)F)C[C@@H]1C(=O)O.